The molecule has 0 aliphatic carbocycles. The van der Waals surface area contributed by atoms with Gasteiger partial charge < -0.3 is 5.73 Å². The lowest BCUT2D eigenvalue weighted by atomic mass is 10.1. The van der Waals surface area contributed by atoms with E-state index in [0.717, 1.165) is 0 Å². The lowest BCUT2D eigenvalue weighted by molar-refractivity contribution is -0.351. The molecule has 0 heterocycles. The highest BCUT2D eigenvalue weighted by molar-refractivity contribution is 4.91. The molecule has 0 unspecified atom stereocenters. The van der Waals surface area contributed by atoms with E-state index >= 15 is 0 Å². The van der Waals surface area contributed by atoms with Crippen molar-refractivity contribution >= 4 is 0 Å². The molecule has 0 spiro atoms. The highest BCUT2D eigenvalue weighted by Gasteiger charge is 2.72. The lowest BCUT2D eigenvalue weighted by Crippen LogP contribution is -2.55. The van der Waals surface area contributed by atoms with E-state index in [0.29, 0.717) is 0 Å². The first-order valence-corrected chi connectivity index (χ1v) is 3.58. The van der Waals surface area contributed by atoms with Crippen molar-refractivity contribution in [2.45, 2.75) is 31.9 Å². The second-order valence-corrected chi connectivity index (χ2v) is 1.98. The Morgan fingerprint density at radius 1 is 0.857 bits per heavy atom. The molecule has 0 aromatic heterocycles. The fourth-order valence-corrected chi connectivity index (χ4v) is 0.336. The van der Waals surface area contributed by atoms with E-state index in [9.17, 15) is 30.7 Å². The third-order valence-corrected chi connectivity index (χ3v) is 1.07. The van der Waals surface area contributed by atoms with E-state index < -0.39 is 24.6 Å². The van der Waals surface area contributed by atoms with Crippen LogP contribution in [0.3, 0.4) is 0 Å². The van der Waals surface area contributed by atoms with Gasteiger partial charge in [-0.1, -0.05) is 13.8 Å². The van der Waals surface area contributed by atoms with Crippen molar-refractivity contribution in [3.63, 3.8) is 0 Å². The van der Waals surface area contributed by atoms with Crippen LogP contribution < -0.4 is 5.73 Å². The van der Waals surface area contributed by atoms with Crippen molar-refractivity contribution in [1.29, 1.82) is 0 Å². The molecule has 0 aromatic rings. The number of nitrogens with two attached hydrogens (primary N) is 1. The van der Waals surface area contributed by atoms with E-state index in [1.807, 2.05) is 13.8 Å². The molecular weight excluding hydrogens is 219 g/mol. The summed E-state index contributed by atoms with van der Waals surface area (Å²) in [5, 5.41) is 0. The fourth-order valence-electron chi connectivity index (χ4n) is 0.336. The molecule has 0 atom stereocenters. The van der Waals surface area contributed by atoms with Gasteiger partial charge in [0.2, 0.25) is 0 Å². The van der Waals surface area contributed by atoms with Gasteiger partial charge in [-0.25, -0.2) is 0 Å². The van der Waals surface area contributed by atoms with Crippen LogP contribution in [0.2, 0.25) is 0 Å². The molecule has 0 aliphatic rings. The zero-order chi connectivity index (χ0) is 12.2. The molecule has 0 saturated heterocycles. The second-order valence-electron chi connectivity index (χ2n) is 1.98. The number of halogens is 7. The summed E-state index contributed by atoms with van der Waals surface area (Å²) in [6, 6.07) is 0. The molecule has 0 saturated carbocycles. The van der Waals surface area contributed by atoms with Gasteiger partial charge in [0.05, 0.1) is 6.54 Å². The van der Waals surface area contributed by atoms with Crippen LogP contribution in [-0.2, 0) is 0 Å². The molecule has 0 aromatic carbocycles. The van der Waals surface area contributed by atoms with Crippen LogP contribution in [0, 0.1) is 0 Å². The van der Waals surface area contributed by atoms with E-state index in [-0.39, 0.29) is 0 Å². The minimum Gasteiger partial charge on any atom is -0.325 e. The van der Waals surface area contributed by atoms with Crippen LogP contribution in [0.25, 0.3) is 0 Å². The fraction of sp³-hybridized carbons (Fsp3) is 1.00. The average Bonchev–Trinajstić information content (AvgIpc) is 2.06. The molecular formula is C6H10F7N. The maximum Gasteiger partial charge on any atom is 0.459 e. The van der Waals surface area contributed by atoms with Gasteiger partial charge in [0.1, 0.15) is 0 Å². The molecule has 88 valence electrons. The molecule has 2 N–H and O–H groups in total. The van der Waals surface area contributed by atoms with Gasteiger partial charge in [-0.05, 0) is 0 Å². The van der Waals surface area contributed by atoms with Crippen molar-refractivity contribution in [2.75, 3.05) is 6.54 Å². The maximum atomic E-state index is 11.8. The minimum atomic E-state index is -6.28. The lowest BCUT2D eigenvalue weighted by Gasteiger charge is -2.26. The van der Waals surface area contributed by atoms with Crippen LogP contribution in [0.1, 0.15) is 13.8 Å². The Morgan fingerprint density at radius 3 is 1.21 bits per heavy atom. The molecule has 0 radical (unpaired) electrons. The van der Waals surface area contributed by atoms with Gasteiger partial charge in [-0.15, -0.1) is 0 Å². The summed E-state index contributed by atoms with van der Waals surface area (Å²) in [6.45, 7) is 1.94. The maximum absolute atomic E-state index is 11.8. The third kappa shape index (κ3) is 3.00. The summed E-state index contributed by atoms with van der Waals surface area (Å²) >= 11 is 0. The highest BCUT2D eigenvalue weighted by atomic mass is 19.4. The van der Waals surface area contributed by atoms with Crippen molar-refractivity contribution in [3.05, 3.63) is 0 Å². The average molecular weight is 229 g/mol. The molecule has 1 nitrogen and oxygen atoms in total. The molecule has 14 heavy (non-hydrogen) atoms. The summed E-state index contributed by atoms with van der Waals surface area (Å²) in [5.41, 5.74) is 4.06. The second kappa shape index (κ2) is 4.81. The molecule has 8 heteroatoms. The van der Waals surface area contributed by atoms with E-state index in [1.54, 1.807) is 0 Å². The summed E-state index contributed by atoms with van der Waals surface area (Å²) in [6.07, 6.45) is -6.28. The quantitative estimate of drug-likeness (QED) is 0.724. The Labute approximate surface area is 76.1 Å². The van der Waals surface area contributed by atoms with Gasteiger partial charge in [0.15, 0.2) is 0 Å². The Kier molecular flexibility index (Phi) is 5.47. The third-order valence-electron chi connectivity index (χ3n) is 1.07. The largest absolute Gasteiger partial charge is 0.459 e. The van der Waals surface area contributed by atoms with E-state index in [4.69, 9.17) is 0 Å². The topological polar surface area (TPSA) is 26.0 Å². The molecule has 0 bridgehead atoms. The zero-order valence-corrected chi connectivity index (χ0v) is 7.43. The van der Waals surface area contributed by atoms with E-state index in [1.165, 1.54) is 0 Å². The van der Waals surface area contributed by atoms with Gasteiger partial charge in [-0.2, -0.15) is 30.7 Å². The number of hydrogen-bond acceptors (Lipinski definition) is 1. The Balaban J connectivity index is 0. The molecule has 0 aliphatic heterocycles. The van der Waals surface area contributed by atoms with E-state index in [2.05, 4.69) is 5.73 Å². The van der Waals surface area contributed by atoms with Crippen LogP contribution in [0.4, 0.5) is 30.7 Å². The van der Waals surface area contributed by atoms with Crippen LogP contribution in [0.5, 0.6) is 0 Å². The molecule has 0 amide bonds. The van der Waals surface area contributed by atoms with Gasteiger partial charge in [-0.3, -0.25) is 0 Å². The summed E-state index contributed by atoms with van der Waals surface area (Å²) in [5.74, 6) is -11.3. The predicted molar refractivity (Wildman–Crippen MR) is 36.4 cm³/mol. The number of alkyl halides is 7. The smallest absolute Gasteiger partial charge is 0.325 e. The van der Waals surface area contributed by atoms with Crippen molar-refractivity contribution in [1.82, 2.24) is 0 Å². The molecule has 0 rings (SSSR count). The van der Waals surface area contributed by atoms with Crippen LogP contribution in [-0.4, -0.2) is 24.6 Å². The van der Waals surface area contributed by atoms with Gasteiger partial charge in [0, 0.05) is 0 Å². The first kappa shape index (κ1) is 15.9. The first-order chi connectivity index (χ1) is 6.06. The predicted octanol–water partition coefficient (Wildman–Crippen LogP) is 2.80. The zero-order valence-electron chi connectivity index (χ0n) is 7.43. The first-order valence-electron chi connectivity index (χ1n) is 3.58. The van der Waals surface area contributed by atoms with Crippen LogP contribution >= 0.6 is 0 Å². The number of hydrogen-bond donors (Lipinski definition) is 1. The Bertz CT molecular complexity index is 162. The highest BCUT2D eigenvalue weighted by Crippen LogP contribution is 2.45. The van der Waals surface area contributed by atoms with Crippen molar-refractivity contribution in [3.8, 4) is 0 Å². The normalized spacial score (nSPS) is 13.3. The summed E-state index contributed by atoms with van der Waals surface area (Å²) < 4.78 is 80.9. The van der Waals surface area contributed by atoms with Gasteiger partial charge in [0.25, 0.3) is 0 Å². The summed E-state index contributed by atoms with van der Waals surface area (Å²) in [4.78, 5) is 0. The monoisotopic (exact) mass is 229 g/mol. The van der Waals surface area contributed by atoms with Crippen molar-refractivity contribution in [2.24, 2.45) is 5.73 Å². The Hall–Kier alpha value is -0.530. The number of rotatable bonds is 2. The van der Waals surface area contributed by atoms with Crippen molar-refractivity contribution < 1.29 is 30.7 Å². The minimum absolute atomic E-state index is 2.00. The van der Waals surface area contributed by atoms with Gasteiger partial charge >= 0.3 is 18.0 Å². The van der Waals surface area contributed by atoms with Crippen LogP contribution in [0.15, 0.2) is 0 Å². The summed E-state index contributed by atoms with van der Waals surface area (Å²) in [7, 11) is 0. The standard InChI is InChI=1S/C4H4F7N.C2H6/c5-2(6,1-12)3(7,8)4(9,10)11;1-2/h1,12H2;1-2H3. The molecule has 0 fully saturated rings. The SMILES string of the molecule is CC.NCC(F)(F)C(F)(F)C(F)(F)F. The Morgan fingerprint density at radius 2 is 1.14 bits per heavy atom.